The second kappa shape index (κ2) is 8.51. The summed E-state index contributed by atoms with van der Waals surface area (Å²) in [6.07, 6.45) is 3.30. The van der Waals surface area contributed by atoms with Gasteiger partial charge in [0.2, 0.25) is 0 Å². The summed E-state index contributed by atoms with van der Waals surface area (Å²) in [5, 5.41) is 12.2. The number of rotatable bonds is 9. The highest BCUT2D eigenvalue weighted by Gasteiger charge is 2.18. The van der Waals surface area contributed by atoms with Gasteiger partial charge in [0.05, 0.1) is 0 Å². The average Bonchev–Trinajstić information content (AvgIpc) is 2.84. The van der Waals surface area contributed by atoms with Crippen LogP contribution in [-0.2, 0) is 4.79 Å². The third kappa shape index (κ3) is 6.89. The van der Waals surface area contributed by atoms with E-state index >= 15 is 0 Å². The van der Waals surface area contributed by atoms with Crippen LogP contribution < -0.4 is 5.32 Å². The SMILES string of the molecule is CC(C)NC(CCN(C)CCN1CCCC1)C(=O)O. The van der Waals surface area contributed by atoms with E-state index in [4.69, 9.17) is 5.11 Å². The Labute approximate surface area is 117 Å². The molecule has 0 aromatic heterocycles. The Balaban J connectivity index is 2.18. The molecule has 0 aliphatic carbocycles. The monoisotopic (exact) mass is 271 g/mol. The number of carboxylic acid groups (broad SMARTS) is 1. The lowest BCUT2D eigenvalue weighted by Gasteiger charge is -2.23. The molecular weight excluding hydrogens is 242 g/mol. The predicted molar refractivity (Wildman–Crippen MR) is 77.5 cm³/mol. The molecule has 0 aromatic carbocycles. The van der Waals surface area contributed by atoms with Crippen LogP contribution in [0.2, 0.25) is 0 Å². The number of likely N-dealkylation sites (tertiary alicyclic amines) is 1. The van der Waals surface area contributed by atoms with Gasteiger partial charge in [-0.05, 0) is 45.9 Å². The largest absolute Gasteiger partial charge is 0.480 e. The molecule has 1 aliphatic rings. The normalized spacial score (nSPS) is 18.4. The van der Waals surface area contributed by atoms with Crippen molar-refractivity contribution in [2.75, 3.05) is 39.8 Å². The van der Waals surface area contributed by atoms with Crippen LogP contribution in [0.1, 0.15) is 33.1 Å². The van der Waals surface area contributed by atoms with Gasteiger partial charge in [-0.3, -0.25) is 4.79 Å². The van der Waals surface area contributed by atoms with Crippen molar-refractivity contribution < 1.29 is 9.90 Å². The van der Waals surface area contributed by atoms with Crippen LogP contribution in [0.25, 0.3) is 0 Å². The van der Waals surface area contributed by atoms with Crippen LogP contribution >= 0.6 is 0 Å². The summed E-state index contributed by atoms with van der Waals surface area (Å²) >= 11 is 0. The van der Waals surface area contributed by atoms with Crippen molar-refractivity contribution >= 4 is 5.97 Å². The van der Waals surface area contributed by atoms with Gasteiger partial charge in [-0.25, -0.2) is 0 Å². The lowest BCUT2D eigenvalue weighted by atomic mass is 10.2. The van der Waals surface area contributed by atoms with E-state index in [9.17, 15) is 4.79 Å². The number of likely N-dealkylation sites (N-methyl/N-ethyl adjacent to an activating group) is 1. The maximum absolute atomic E-state index is 11.1. The van der Waals surface area contributed by atoms with Crippen molar-refractivity contribution in [3.8, 4) is 0 Å². The molecule has 1 heterocycles. The van der Waals surface area contributed by atoms with Crippen LogP contribution in [0.3, 0.4) is 0 Å². The third-order valence-corrected chi connectivity index (χ3v) is 3.63. The molecule has 1 unspecified atom stereocenters. The number of hydrogen-bond donors (Lipinski definition) is 2. The Bertz CT molecular complexity index is 265. The molecular formula is C14H29N3O2. The van der Waals surface area contributed by atoms with Gasteiger partial charge in [-0.2, -0.15) is 0 Å². The molecule has 0 bridgehead atoms. The van der Waals surface area contributed by atoms with Crippen molar-refractivity contribution in [3.63, 3.8) is 0 Å². The molecule has 0 radical (unpaired) electrons. The van der Waals surface area contributed by atoms with Gasteiger partial charge < -0.3 is 20.2 Å². The van der Waals surface area contributed by atoms with Gasteiger partial charge >= 0.3 is 5.97 Å². The first-order valence-corrected chi connectivity index (χ1v) is 7.39. The Morgan fingerprint density at radius 2 is 1.95 bits per heavy atom. The maximum atomic E-state index is 11.1. The van der Waals surface area contributed by atoms with Crippen molar-refractivity contribution in [3.05, 3.63) is 0 Å². The fourth-order valence-corrected chi connectivity index (χ4v) is 2.46. The highest BCUT2D eigenvalue weighted by atomic mass is 16.4. The minimum Gasteiger partial charge on any atom is -0.480 e. The lowest BCUT2D eigenvalue weighted by molar-refractivity contribution is -0.139. The van der Waals surface area contributed by atoms with Crippen molar-refractivity contribution in [2.45, 2.75) is 45.2 Å². The number of carboxylic acids is 1. The summed E-state index contributed by atoms with van der Waals surface area (Å²) in [6, 6.07) is -0.231. The van der Waals surface area contributed by atoms with Gasteiger partial charge in [0.1, 0.15) is 6.04 Å². The minimum absolute atomic E-state index is 0.205. The average molecular weight is 271 g/mol. The molecule has 0 saturated carbocycles. The zero-order chi connectivity index (χ0) is 14.3. The van der Waals surface area contributed by atoms with E-state index < -0.39 is 12.0 Å². The quantitative estimate of drug-likeness (QED) is 0.651. The predicted octanol–water partition coefficient (Wildman–Crippen LogP) is 0.855. The van der Waals surface area contributed by atoms with E-state index in [0.29, 0.717) is 6.42 Å². The van der Waals surface area contributed by atoms with Crippen LogP contribution in [0.15, 0.2) is 0 Å². The van der Waals surface area contributed by atoms with Gasteiger partial charge in [0, 0.05) is 19.1 Å². The number of aliphatic carboxylic acids is 1. The Morgan fingerprint density at radius 3 is 2.47 bits per heavy atom. The molecule has 19 heavy (non-hydrogen) atoms. The van der Waals surface area contributed by atoms with E-state index in [1.54, 1.807) is 0 Å². The fourth-order valence-electron chi connectivity index (χ4n) is 2.46. The smallest absolute Gasteiger partial charge is 0.320 e. The highest BCUT2D eigenvalue weighted by Crippen LogP contribution is 2.06. The zero-order valence-corrected chi connectivity index (χ0v) is 12.6. The third-order valence-electron chi connectivity index (χ3n) is 3.63. The molecule has 1 atom stereocenters. The standard InChI is InChI=1S/C14H29N3O2/c1-12(2)15-13(14(18)19)6-9-16(3)10-11-17-7-4-5-8-17/h12-13,15H,4-11H2,1-3H3,(H,18,19). The van der Waals surface area contributed by atoms with Crippen molar-refractivity contribution in [1.82, 2.24) is 15.1 Å². The molecule has 1 fully saturated rings. The topological polar surface area (TPSA) is 55.8 Å². The molecule has 2 N–H and O–H groups in total. The summed E-state index contributed by atoms with van der Waals surface area (Å²) in [5.74, 6) is -0.748. The summed E-state index contributed by atoms with van der Waals surface area (Å²) in [4.78, 5) is 15.8. The van der Waals surface area contributed by atoms with Crippen LogP contribution in [0.5, 0.6) is 0 Å². The van der Waals surface area contributed by atoms with E-state index in [2.05, 4.69) is 22.2 Å². The molecule has 5 heteroatoms. The van der Waals surface area contributed by atoms with Crippen LogP contribution in [-0.4, -0.2) is 72.7 Å². The number of hydrogen-bond acceptors (Lipinski definition) is 4. The van der Waals surface area contributed by atoms with Crippen LogP contribution in [0.4, 0.5) is 0 Å². The number of carbonyl (C=O) groups is 1. The maximum Gasteiger partial charge on any atom is 0.320 e. The summed E-state index contributed by atoms with van der Waals surface area (Å²) < 4.78 is 0. The molecule has 0 amide bonds. The second-order valence-corrected chi connectivity index (χ2v) is 5.85. The summed E-state index contributed by atoms with van der Waals surface area (Å²) in [5.41, 5.74) is 0. The fraction of sp³-hybridized carbons (Fsp3) is 0.929. The Hall–Kier alpha value is -0.650. The van der Waals surface area contributed by atoms with Crippen molar-refractivity contribution in [2.24, 2.45) is 0 Å². The molecule has 5 nitrogen and oxygen atoms in total. The lowest BCUT2D eigenvalue weighted by Crippen LogP contribution is -2.43. The first-order chi connectivity index (χ1) is 8.99. The first kappa shape index (κ1) is 16.4. The van der Waals surface area contributed by atoms with E-state index in [0.717, 1.165) is 19.6 Å². The molecule has 0 aromatic rings. The second-order valence-electron chi connectivity index (χ2n) is 5.85. The van der Waals surface area contributed by atoms with Gasteiger partial charge in [-0.15, -0.1) is 0 Å². The zero-order valence-electron chi connectivity index (χ0n) is 12.6. The van der Waals surface area contributed by atoms with E-state index in [1.165, 1.54) is 25.9 Å². The Kier molecular flexibility index (Phi) is 7.34. The highest BCUT2D eigenvalue weighted by molar-refractivity contribution is 5.73. The molecule has 1 rings (SSSR count). The molecule has 0 spiro atoms. The van der Waals surface area contributed by atoms with E-state index in [1.807, 2.05) is 13.8 Å². The minimum atomic E-state index is -0.748. The molecule has 112 valence electrons. The van der Waals surface area contributed by atoms with E-state index in [-0.39, 0.29) is 6.04 Å². The Morgan fingerprint density at radius 1 is 1.32 bits per heavy atom. The molecule has 1 saturated heterocycles. The first-order valence-electron chi connectivity index (χ1n) is 7.39. The number of nitrogens with one attached hydrogen (secondary N) is 1. The van der Waals surface area contributed by atoms with Gasteiger partial charge in [0.15, 0.2) is 0 Å². The van der Waals surface area contributed by atoms with Gasteiger partial charge in [0.25, 0.3) is 0 Å². The summed E-state index contributed by atoms with van der Waals surface area (Å²) in [6.45, 7) is 9.35. The van der Waals surface area contributed by atoms with Crippen molar-refractivity contribution in [1.29, 1.82) is 0 Å². The molecule has 1 aliphatic heterocycles. The van der Waals surface area contributed by atoms with Gasteiger partial charge in [-0.1, -0.05) is 13.8 Å². The number of nitrogens with zero attached hydrogens (tertiary/aromatic N) is 2. The summed E-state index contributed by atoms with van der Waals surface area (Å²) in [7, 11) is 2.07. The van der Waals surface area contributed by atoms with Crippen LogP contribution in [0, 0.1) is 0 Å².